The monoisotopic (exact) mass is 834 g/mol. The van der Waals surface area contributed by atoms with E-state index < -0.39 is 46.8 Å². The number of phenolic OH excluding ortho intramolecular Hbond substituents is 1. The van der Waals surface area contributed by atoms with Gasteiger partial charge in [-0.15, -0.1) is 0 Å². The number of aromatic hydroxyl groups is 1. The van der Waals surface area contributed by atoms with Crippen LogP contribution in [0.2, 0.25) is 5.02 Å². The molecule has 5 aromatic rings. The molecule has 1 saturated carbocycles. The second-order valence-corrected chi connectivity index (χ2v) is 16.2. The molecule has 308 valence electrons. The van der Waals surface area contributed by atoms with Gasteiger partial charge in [-0.25, -0.2) is 4.90 Å². The van der Waals surface area contributed by atoms with Gasteiger partial charge in [-0.3, -0.25) is 24.1 Å². The first-order valence-corrected chi connectivity index (χ1v) is 20.7. The molecule has 3 fully saturated rings. The summed E-state index contributed by atoms with van der Waals surface area (Å²) in [7, 11) is 3.20. The molecule has 2 heterocycles. The van der Waals surface area contributed by atoms with Crippen molar-refractivity contribution in [2.75, 3.05) is 30.6 Å². The molecule has 4 aliphatic rings. The number of carbonyl (C=O) groups excluding carboxylic acids is 4. The Morgan fingerprint density at radius 3 is 2.25 bits per heavy atom. The summed E-state index contributed by atoms with van der Waals surface area (Å²) in [5.74, 6) is -4.13. The van der Waals surface area contributed by atoms with Crippen LogP contribution < -0.4 is 24.0 Å². The Labute approximate surface area is 358 Å². The number of phenols is 1. The Hall–Kier alpha value is -6.65. The van der Waals surface area contributed by atoms with Gasteiger partial charge < -0.3 is 19.3 Å². The van der Waals surface area contributed by atoms with E-state index in [0.717, 1.165) is 16.7 Å². The van der Waals surface area contributed by atoms with Crippen LogP contribution in [0.5, 0.6) is 23.0 Å². The van der Waals surface area contributed by atoms with Crippen LogP contribution >= 0.6 is 11.6 Å². The number of ether oxygens (including phenoxy) is 3. The van der Waals surface area contributed by atoms with Crippen molar-refractivity contribution in [3.63, 3.8) is 0 Å². The lowest BCUT2D eigenvalue weighted by Gasteiger charge is -2.50. The van der Waals surface area contributed by atoms with Crippen molar-refractivity contribution < 1.29 is 38.5 Å². The van der Waals surface area contributed by atoms with Crippen molar-refractivity contribution in [3.05, 3.63) is 154 Å². The van der Waals surface area contributed by atoms with Gasteiger partial charge in [-0.05, 0) is 91.4 Å². The van der Waals surface area contributed by atoms with Gasteiger partial charge in [-0.1, -0.05) is 96.1 Å². The highest BCUT2D eigenvalue weighted by Gasteiger charge is 2.70. The highest BCUT2D eigenvalue weighted by Crippen LogP contribution is 2.65. The van der Waals surface area contributed by atoms with Gasteiger partial charge in [0.1, 0.15) is 11.5 Å². The minimum absolute atomic E-state index is 0.121. The van der Waals surface area contributed by atoms with Crippen LogP contribution in [0.1, 0.15) is 47.9 Å². The maximum atomic E-state index is 15.5. The molecular weight excluding hydrogens is 792 g/mol. The number of hydrogen-bond acceptors (Lipinski definition) is 8. The van der Waals surface area contributed by atoms with Crippen LogP contribution in [-0.4, -0.2) is 49.6 Å². The van der Waals surface area contributed by atoms with Crippen LogP contribution in [0, 0.1) is 23.7 Å². The van der Waals surface area contributed by atoms with E-state index in [1.165, 1.54) is 9.80 Å². The molecule has 5 aromatic carbocycles. The molecule has 4 amide bonds. The van der Waals surface area contributed by atoms with Crippen molar-refractivity contribution in [2.24, 2.45) is 23.7 Å². The maximum absolute atomic E-state index is 15.5. The summed E-state index contributed by atoms with van der Waals surface area (Å²) in [5, 5.41) is 12.4. The van der Waals surface area contributed by atoms with Crippen molar-refractivity contribution in [3.8, 4) is 23.0 Å². The van der Waals surface area contributed by atoms with Gasteiger partial charge in [0.2, 0.25) is 23.6 Å². The highest BCUT2D eigenvalue weighted by molar-refractivity contribution is 6.32. The Kier molecular flexibility index (Phi) is 10.3. The van der Waals surface area contributed by atoms with E-state index >= 15 is 9.59 Å². The number of nitrogens with zero attached hydrogens (tertiary/aromatic N) is 2. The molecule has 0 aromatic heterocycles. The summed E-state index contributed by atoms with van der Waals surface area (Å²) < 4.78 is 16.8. The molecular formula is C50H43ClN2O8. The minimum atomic E-state index is -1.54. The standard InChI is InChI=1S/C50H43ClN2O8/c1-4-61-42-15-9-14-38(45(42)54)44-36-23-24-37-43(48(57)52(46(37)55)33-20-17-29(18-21-33)16-19-30-26-35(59-2)22-25-41(30)60-3)39(36)28-40-47(56)53(34-13-8-12-32(51)27-34)49(58)50(40,44)31-10-6-5-7-11-31/h5-23,25-27,37,39-40,43-44,54H,4,24,28H2,1-3H3. The zero-order valence-electron chi connectivity index (χ0n) is 33.8. The number of benzene rings is 5. The maximum Gasteiger partial charge on any atom is 0.246 e. The topological polar surface area (TPSA) is 123 Å². The summed E-state index contributed by atoms with van der Waals surface area (Å²) in [5.41, 5.74) is 2.61. The molecule has 1 N–H and O–H groups in total. The fourth-order valence-electron chi connectivity index (χ4n) is 10.3. The van der Waals surface area contributed by atoms with Gasteiger partial charge in [-0.2, -0.15) is 0 Å². The lowest BCUT2D eigenvalue weighted by Crippen LogP contribution is -2.53. The van der Waals surface area contributed by atoms with E-state index in [2.05, 4.69) is 0 Å². The summed E-state index contributed by atoms with van der Waals surface area (Å²) >= 11 is 6.45. The van der Waals surface area contributed by atoms with Gasteiger partial charge in [0.05, 0.1) is 55.4 Å². The van der Waals surface area contributed by atoms with Crippen molar-refractivity contribution in [1.82, 2.24) is 0 Å². The summed E-state index contributed by atoms with van der Waals surface area (Å²) in [4.78, 5) is 62.4. The molecule has 2 saturated heterocycles. The third-order valence-electron chi connectivity index (χ3n) is 12.9. The van der Waals surface area contributed by atoms with E-state index in [4.69, 9.17) is 25.8 Å². The minimum Gasteiger partial charge on any atom is -0.504 e. The number of amides is 4. The van der Waals surface area contributed by atoms with E-state index in [1.54, 1.807) is 68.8 Å². The first-order chi connectivity index (χ1) is 29.6. The summed E-state index contributed by atoms with van der Waals surface area (Å²) in [6.45, 7) is 2.10. The third-order valence-corrected chi connectivity index (χ3v) is 13.1. The second kappa shape index (κ2) is 15.7. The molecule has 2 aliphatic heterocycles. The first-order valence-electron chi connectivity index (χ1n) is 20.3. The molecule has 6 atom stereocenters. The SMILES string of the molecule is CCOc1cccc(C2C3=CCC4C(=O)N(c5ccc(C=Cc6cc(OC)ccc6OC)cc5)C(=O)C4C3CC3C(=O)N(c4cccc(Cl)c4)C(=O)C32c2ccccc2)c1O. The van der Waals surface area contributed by atoms with Crippen LogP contribution in [0.25, 0.3) is 12.2 Å². The van der Waals surface area contributed by atoms with Crippen molar-refractivity contribution in [1.29, 1.82) is 0 Å². The van der Waals surface area contributed by atoms with Crippen molar-refractivity contribution in [2.45, 2.75) is 31.1 Å². The Morgan fingerprint density at radius 1 is 0.754 bits per heavy atom. The Morgan fingerprint density at radius 2 is 1.52 bits per heavy atom. The fourth-order valence-corrected chi connectivity index (χ4v) is 10.5. The predicted molar refractivity (Wildman–Crippen MR) is 233 cm³/mol. The smallest absolute Gasteiger partial charge is 0.246 e. The van der Waals surface area contributed by atoms with Crippen LogP contribution in [0.3, 0.4) is 0 Å². The zero-order chi connectivity index (χ0) is 42.6. The second-order valence-electron chi connectivity index (χ2n) is 15.8. The number of hydrogen-bond donors (Lipinski definition) is 1. The number of halogens is 1. The molecule has 11 heteroatoms. The van der Waals surface area contributed by atoms with E-state index in [9.17, 15) is 14.7 Å². The van der Waals surface area contributed by atoms with Gasteiger partial charge >= 0.3 is 0 Å². The average Bonchev–Trinajstić information content (AvgIpc) is 3.67. The third kappa shape index (κ3) is 6.31. The number of para-hydroxylation sites is 1. The predicted octanol–water partition coefficient (Wildman–Crippen LogP) is 9.00. The van der Waals surface area contributed by atoms with Crippen LogP contribution in [0.15, 0.2) is 127 Å². The molecule has 2 aliphatic carbocycles. The van der Waals surface area contributed by atoms with E-state index in [1.807, 2.05) is 85.8 Å². The number of imide groups is 2. The number of fused-ring (bicyclic) bond motifs is 4. The normalized spacial score (nSPS) is 24.4. The fraction of sp³-hybridized carbons (Fsp3) is 0.240. The number of anilines is 2. The number of methoxy groups -OCH3 is 2. The zero-order valence-corrected chi connectivity index (χ0v) is 34.5. The molecule has 10 nitrogen and oxygen atoms in total. The van der Waals surface area contributed by atoms with E-state index in [-0.39, 0.29) is 42.8 Å². The molecule has 61 heavy (non-hydrogen) atoms. The van der Waals surface area contributed by atoms with Gasteiger partial charge in [0.15, 0.2) is 11.5 Å². The highest BCUT2D eigenvalue weighted by atomic mass is 35.5. The van der Waals surface area contributed by atoms with Crippen LogP contribution in [0.4, 0.5) is 11.4 Å². The molecule has 6 unspecified atom stereocenters. The lowest BCUT2D eigenvalue weighted by molar-refractivity contribution is -0.127. The lowest BCUT2D eigenvalue weighted by atomic mass is 9.49. The van der Waals surface area contributed by atoms with Gasteiger partial charge in [0, 0.05) is 22.1 Å². The van der Waals surface area contributed by atoms with Crippen LogP contribution in [-0.2, 0) is 24.6 Å². The van der Waals surface area contributed by atoms with Gasteiger partial charge in [0.25, 0.3) is 0 Å². The van der Waals surface area contributed by atoms with E-state index in [0.29, 0.717) is 39.0 Å². The quantitative estimate of drug-likeness (QED) is 0.0841. The number of carbonyl (C=O) groups is 4. The molecule has 0 spiro atoms. The van der Waals surface area contributed by atoms with Crippen molar-refractivity contribution >= 4 is 58.8 Å². The Bertz CT molecular complexity index is 2640. The summed E-state index contributed by atoms with van der Waals surface area (Å²) in [6, 6.07) is 33.7. The summed E-state index contributed by atoms with van der Waals surface area (Å²) in [6.07, 6.45) is 6.15. The largest absolute Gasteiger partial charge is 0.504 e. The number of rotatable bonds is 10. The molecule has 9 rings (SSSR count). The first kappa shape index (κ1) is 39.8. The Balaban J connectivity index is 1.14. The molecule has 0 radical (unpaired) electrons. The molecule has 0 bridgehead atoms. The number of allylic oxidation sites excluding steroid dienone is 2. The average molecular weight is 835 g/mol.